The molecule has 0 aliphatic rings. The minimum Gasteiger partial charge on any atom is -0.330 e. The fourth-order valence-corrected chi connectivity index (χ4v) is 2.22. The van der Waals surface area contributed by atoms with E-state index in [0.717, 1.165) is 6.54 Å². The first-order valence-electron chi connectivity index (χ1n) is 4.57. The topological polar surface area (TPSA) is 26.0 Å². The maximum absolute atomic E-state index is 5.42. The molecule has 0 atom stereocenters. The molecule has 0 radical (unpaired) electrons. The molecule has 2 heteroatoms. The van der Waals surface area contributed by atoms with Gasteiger partial charge in [-0.15, -0.1) is 11.3 Å². The van der Waals surface area contributed by atoms with E-state index in [1.807, 2.05) is 11.3 Å². The summed E-state index contributed by atoms with van der Waals surface area (Å²) in [5.74, 6) is 0. The number of thiophene rings is 1. The van der Waals surface area contributed by atoms with Gasteiger partial charge in [0.1, 0.15) is 0 Å². The molecule has 1 heterocycles. The monoisotopic (exact) mass is 183 g/mol. The Hall–Kier alpha value is -0.340. The predicted octanol–water partition coefficient (Wildman–Crippen LogP) is 2.73. The average Bonchev–Trinajstić information content (AvgIpc) is 2.46. The summed E-state index contributed by atoms with van der Waals surface area (Å²) in [5.41, 5.74) is 6.87. The van der Waals surface area contributed by atoms with Crippen molar-refractivity contribution in [3.63, 3.8) is 0 Å². The number of aryl methyl sites for hydroxylation is 2. The summed E-state index contributed by atoms with van der Waals surface area (Å²) in [6, 6.07) is 2.20. The molecule has 0 aromatic carbocycles. The maximum Gasteiger partial charge on any atom is 0.00743 e. The van der Waals surface area contributed by atoms with Gasteiger partial charge in [-0.05, 0) is 49.7 Å². The minimum absolute atomic E-state index is 0.837. The van der Waals surface area contributed by atoms with Crippen LogP contribution in [0.3, 0.4) is 0 Å². The van der Waals surface area contributed by atoms with Crippen molar-refractivity contribution in [1.82, 2.24) is 0 Å². The lowest BCUT2D eigenvalue weighted by Crippen LogP contribution is -1.98. The first kappa shape index (κ1) is 9.75. The van der Waals surface area contributed by atoms with Crippen LogP contribution in [0.15, 0.2) is 11.4 Å². The van der Waals surface area contributed by atoms with Gasteiger partial charge < -0.3 is 5.73 Å². The molecule has 68 valence electrons. The molecule has 0 spiro atoms. The summed E-state index contributed by atoms with van der Waals surface area (Å²) < 4.78 is 0. The van der Waals surface area contributed by atoms with Crippen molar-refractivity contribution >= 4 is 11.3 Å². The molecular formula is C10H17NS. The number of rotatable bonds is 5. The van der Waals surface area contributed by atoms with E-state index in [0.29, 0.717) is 0 Å². The highest BCUT2D eigenvalue weighted by Crippen LogP contribution is 2.18. The van der Waals surface area contributed by atoms with Gasteiger partial charge in [-0.25, -0.2) is 0 Å². The fourth-order valence-electron chi connectivity index (χ4n) is 1.27. The minimum atomic E-state index is 0.837. The molecule has 0 saturated carbocycles. The second-order valence-corrected chi connectivity index (χ2v) is 4.13. The molecule has 0 aliphatic heterocycles. The molecule has 1 aromatic rings. The summed E-state index contributed by atoms with van der Waals surface area (Å²) in [7, 11) is 0. The van der Waals surface area contributed by atoms with E-state index in [1.54, 1.807) is 4.88 Å². The van der Waals surface area contributed by atoms with Crippen molar-refractivity contribution < 1.29 is 0 Å². The zero-order valence-corrected chi connectivity index (χ0v) is 8.49. The molecule has 0 unspecified atom stereocenters. The maximum atomic E-state index is 5.42. The van der Waals surface area contributed by atoms with Crippen LogP contribution in [-0.2, 0) is 6.42 Å². The number of hydrogen-bond donors (Lipinski definition) is 1. The second-order valence-electron chi connectivity index (χ2n) is 3.13. The van der Waals surface area contributed by atoms with Gasteiger partial charge in [0.15, 0.2) is 0 Å². The van der Waals surface area contributed by atoms with Crippen molar-refractivity contribution in [2.45, 2.75) is 32.6 Å². The van der Waals surface area contributed by atoms with Gasteiger partial charge >= 0.3 is 0 Å². The quantitative estimate of drug-likeness (QED) is 0.698. The zero-order valence-electron chi connectivity index (χ0n) is 7.68. The standard InChI is InChI=1S/C10H17NS/c1-9-6-8-12-10(9)5-3-2-4-7-11/h6,8H,2-5,7,11H2,1H3. The van der Waals surface area contributed by atoms with Crippen molar-refractivity contribution in [1.29, 1.82) is 0 Å². The highest BCUT2D eigenvalue weighted by atomic mass is 32.1. The summed E-state index contributed by atoms with van der Waals surface area (Å²) in [6.45, 7) is 3.03. The summed E-state index contributed by atoms with van der Waals surface area (Å²) in [6.07, 6.45) is 4.97. The Balaban J connectivity index is 2.20. The first-order valence-corrected chi connectivity index (χ1v) is 5.45. The SMILES string of the molecule is Cc1ccsc1CCCCCN. The number of unbranched alkanes of at least 4 members (excludes halogenated alkanes) is 2. The number of hydrogen-bond acceptors (Lipinski definition) is 2. The van der Waals surface area contributed by atoms with E-state index in [2.05, 4.69) is 18.4 Å². The Morgan fingerprint density at radius 3 is 2.75 bits per heavy atom. The van der Waals surface area contributed by atoms with Gasteiger partial charge in [-0.3, -0.25) is 0 Å². The molecular weight excluding hydrogens is 166 g/mol. The highest BCUT2D eigenvalue weighted by molar-refractivity contribution is 7.10. The molecule has 0 aliphatic carbocycles. The molecule has 1 aromatic heterocycles. The lowest BCUT2D eigenvalue weighted by atomic mass is 10.1. The van der Waals surface area contributed by atoms with E-state index in [9.17, 15) is 0 Å². The third kappa shape index (κ3) is 2.95. The van der Waals surface area contributed by atoms with Crippen molar-refractivity contribution in [3.05, 3.63) is 21.9 Å². The van der Waals surface area contributed by atoms with E-state index >= 15 is 0 Å². The molecule has 0 fully saturated rings. The summed E-state index contributed by atoms with van der Waals surface area (Å²) in [5, 5.41) is 2.17. The molecule has 0 saturated heterocycles. The van der Waals surface area contributed by atoms with Crippen LogP contribution in [0.1, 0.15) is 29.7 Å². The van der Waals surface area contributed by atoms with E-state index in [4.69, 9.17) is 5.73 Å². The molecule has 2 N–H and O–H groups in total. The second kappa shape index (κ2) is 5.33. The Morgan fingerprint density at radius 1 is 1.33 bits per heavy atom. The molecule has 1 nitrogen and oxygen atoms in total. The third-order valence-corrected chi connectivity index (χ3v) is 3.16. The summed E-state index contributed by atoms with van der Waals surface area (Å²) >= 11 is 1.88. The third-order valence-electron chi connectivity index (χ3n) is 2.08. The fraction of sp³-hybridized carbons (Fsp3) is 0.600. The molecule has 1 rings (SSSR count). The van der Waals surface area contributed by atoms with Crippen LogP contribution < -0.4 is 5.73 Å². The van der Waals surface area contributed by atoms with E-state index < -0.39 is 0 Å². The van der Waals surface area contributed by atoms with Gasteiger partial charge in [-0.2, -0.15) is 0 Å². The van der Waals surface area contributed by atoms with Crippen molar-refractivity contribution in [2.75, 3.05) is 6.54 Å². The first-order chi connectivity index (χ1) is 5.84. The van der Waals surface area contributed by atoms with Crippen LogP contribution in [0, 0.1) is 6.92 Å². The Bertz CT molecular complexity index is 217. The van der Waals surface area contributed by atoms with Crippen LogP contribution in [0.2, 0.25) is 0 Å². The molecule has 12 heavy (non-hydrogen) atoms. The molecule has 0 amide bonds. The smallest absolute Gasteiger partial charge is 0.00743 e. The lowest BCUT2D eigenvalue weighted by Gasteiger charge is -1.98. The highest BCUT2D eigenvalue weighted by Gasteiger charge is 1.98. The van der Waals surface area contributed by atoms with Crippen LogP contribution in [-0.4, -0.2) is 6.54 Å². The van der Waals surface area contributed by atoms with Crippen LogP contribution in [0.25, 0.3) is 0 Å². The van der Waals surface area contributed by atoms with Crippen molar-refractivity contribution in [3.8, 4) is 0 Å². The normalized spacial score (nSPS) is 10.5. The Labute approximate surface area is 78.6 Å². The van der Waals surface area contributed by atoms with Gasteiger partial charge in [0, 0.05) is 4.88 Å². The Morgan fingerprint density at radius 2 is 2.17 bits per heavy atom. The van der Waals surface area contributed by atoms with Crippen LogP contribution in [0.4, 0.5) is 0 Å². The van der Waals surface area contributed by atoms with Gasteiger partial charge in [0.25, 0.3) is 0 Å². The van der Waals surface area contributed by atoms with E-state index in [1.165, 1.54) is 31.2 Å². The molecule has 0 bridgehead atoms. The van der Waals surface area contributed by atoms with E-state index in [-0.39, 0.29) is 0 Å². The van der Waals surface area contributed by atoms with Crippen LogP contribution in [0.5, 0.6) is 0 Å². The Kier molecular flexibility index (Phi) is 4.33. The summed E-state index contributed by atoms with van der Waals surface area (Å²) in [4.78, 5) is 1.55. The lowest BCUT2D eigenvalue weighted by molar-refractivity contribution is 0.689. The predicted molar refractivity (Wildman–Crippen MR) is 55.7 cm³/mol. The number of nitrogens with two attached hydrogens (primary N) is 1. The van der Waals surface area contributed by atoms with Crippen molar-refractivity contribution in [2.24, 2.45) is 5.73 Å². The van der Waals surface area contributed by atoms with Crippen LogP contribution >= 0.6 is 11.3 Å². The van der Waals surface area contributed by atoms with Gasteiger partial charge in [-0.1, -0.05) is 6.42 Å². The average molecular weight is 183 g/mol. The van der Waals surface area contributed by atoms with Gasteiger partial charge in [0.2, 0.25) is 0 Å². The zero-order chi connectivity index (χ0) is 8.81. The van der Waals surface area contributed by atoms with Gasteiger partial charge in [0.05, 0.1) is 0 Å². The largest absolute Gasteiger partial charge is 0.330 e.